The van der Waals surface area contributed by atoms with Gasteiger partial charge < -0.3 is 0 Å². The van der Waals surface area contributed by atoms with E-state index in [0.717, 1.165) is 50.2 Å². The van der Waals surface area contributed by atoms with Crippen molar-refractivity contribution in [3.63, 3.8) is 0 Å². The van der Waals surface area contributed by atoms with Crippen LogP contribution in [0.1, 0.15) is 0 Å². The van der Waals surface area contributed by atoms with Crippen LogP contribution in [0.5, 0.6) is 0 Å². The zero-order valence-electron chi connectivity index (χ0n) is 33.7. The number of nitrogens with zero attached hydrogens (tertiary/aromatic N) is 3. The van der Waals surface area contributed by atoms with E-state index in [4.69, 9.17) is 9.97 Å². The maximum absolute atomic E-state index is 5.45. The quantitative estimate of drug-likeness (QED) is 0.124. The van der Waals surface area contributed by atoms with E-state index in [-0.39, 0.29) is 0 Å². The molecule has 0 N–H and O–H groups in total. The van der Waals surface area contributed by atoms with Crippen LogP contribution >= 0.6 is 0 Å². The minimum Gasteiger partial charge on any atom is -0.264 e. The lowest BCUT2D eigenvalue weighted by molar-refractivity contribution is 1.19. The summed E-state index contributed by atoms with van der Waals surface area (Å²) in [5.74, 6) is 0.671. The Morgan fingerprint density at radius 3 is 1.52 bits per heavy atom. The molecule has 0 saturated heterocycles. The molecule has 0 aliphatic carbocycles. The van der Waals surface area contributed by atoms with E-state index in [1.807, 2.05) is 18.5 Å². The Hall–Kier alpha value is -8.27. The van der Waals surface area contributed by atoms with Crippen molar-refractivity contribution in [2.45, 2.75) is 0 Å². The third-order valence-electron chi connectivity index (χ3n) is 12.3. The summed E-state index contributed by atoms with van der Waals surface area (Å²) in [7, 11) is 0. The molecule has 0 aliphatic rings. The standard InChI is InChI=1S/C59H37N3/c1-2-15-39-33-44(30-29-38(39)14-1)58-52-27-9-7-25-50(52)57(51-26-8-10-28-53(51)58)43-19-12-20-45(34-43)59-61-55(42-18-11-17-40(32-42)46-21-13-31-60-37-46)36-56(62-59)54-35-41-16-3-4-22-47(41)48-23-5-6-24-49(48)54/h1-37H. The number of fused-ring (bicyclic) bond motifs is 6. The summed E-state index contributed by atoms with van der Waals surface area (Å²) < 4.78 is 0. The van der Waals surface area contributed by atoms with Crippen molar-refractivity contribution in [1.82, 2.24) is 15.0 Å². The van der Waals surface area contributed by atoms with Crippen LogP contribution in [0.2, 0.25) is 0 Å². The third-order valence-corrected chi connectivity index (χ3v) is 12.3. The Labute approximate surface area is 359 Å². The fourth-order valence-corrected chi connectivity index (χ4v) is 9.43. The highest BCUT2D eigenvalue weighted by molar-refractivity contribution is 6.22. The van der Waals surface area contributed by atoms with E-state index in [2.05, 4.69) is 211 Å². The third kappa shape index (κ3) is 6.10. The smallest absolute Gasteiger partial charge is 0.160 e. The Morgan fingerprint density at radius 1 is 0.274 bits per heavy atom. The van der Waals surface area contributed by atoms with Crippen LogP contribution in [0.4, 0.5) is 0 Å². The van der Waals surface area contributed by atoms with Crippen molar-refractivity contribution in [2.75, 3.05) is 0 Å². The second-order valence-electron chi connectivity index (χ2n) is 16.0. The van der Waals surface area contributed by atoms with Gasteiger partial charge in [-0.3, -0.25) is 4.98 Å². The summed E-state index contributed by atoms with van der Waals surface area (Å²) in [6, 6.07) is 76.3. The van der Waals surface area contributed by atoms with Gasteiger partial charge in [-0.05, 0) is 118 Å². The van der Waals surface area contributed by atoms with Crippen molar-refractivity contribution in [3.8, 4) is 67.3 Å². The number of pyridine rings is 1. The molecule has 0 unspecified atom stereocenters. The van der Waals surface area contributed by atoms with Gasteiger partial charge in [0.25, 0.3) is 0 Å². The number of aromatic nitrogens is 3. The van der Waals surface area contributed by atoms with Crippen LogP contribution in [0.3, 0.4) is 0 Å². The van der Waals surface area contributed by atoms with Gasteiger partial charge in [0.2, 0.25) is 0 Å². The van der Waals surface area contributed by atoms with Crippen LogP contribution in [0.25, 0.3) is 121 Å². The van der Waals surface area contributed by atoms with Crippen molar-refractivity contribution < 1.29 is 0 Å². The lowest BCUT2D eigenvalue weighted by Crippen LogP contribution is -1.97. The first-order chi connectivity index (χ1) is 30.7. The molecule has 0 bridgehead atoms. The van der Waals surface area contributed by atoms with Gasteiger partial charge in [0.05, 0.1) is 11.4 Å². The summed E-state index contributed by atoms with van der Waals surface area (Å²) in [6.45, 7) is 0. The summed E-state index contributed by atoms with van der Waals surface area (Å²) >= 11 is 0. The highest BCUT2D eigenvalue weighted by Gasteiger charge is 2.19. The lowest BCUT2D eigenvalue weighted by atomic mass is 9.85. The van der Waals surface area contributed by atoms with Gasteiger partial charge in [0.1, 0.15) is 0 Å². The van der Waals surface area contributed by atoms with Crippen molar-refractivity contribution >= 4 is 53.9 Å². The zero-order chi connectivity index (χ0) is 41.0. The fourth-order valence-electron chi connectivity index (χ4n) is 9.43. The highest BCUT2D eigenvalue weighted by Crippen LogP contribution is 2.45. The zero-order valence-corrected chi connectivity index (χ0v) is 33.7. The maximum atomic E-state index is 5.45. The Morgan fingerprint density at radius 2 is 0.806 bits per heavy atom. The second kappa shape index (κ2) is 14.8. The minimum absolute atomic E-state index is 0.671. The molecule has 0 atom stereocenters. The van der Waals surface area contributed by atoms with Crippen LogP contribution < -0.4 is 0 Å². The van der Waals surface area contributed by atoms with E-state index in [1.54, 1.807) is 0 Å². The predicted molar refractivity (Wildman–Crippen MR) is 260 cm³/mol. The molecule has 0 spiro atoms. The Bertz CT molecular complexity index is 3650. The van der Waals surface area contributed by atoms with Gasteiger partial charge in [-0.2, -0.15) is 0 Å². The molecule has 12 aromatic rings. The largest absolute Gasteiger partial charge is 0.264 e. The Balaban J connectivity index is 1.08. The predicted octanol–water partition coefficient (Wildman–Crippen LogP) is 15.6. The van der Waals surface area contributed by atoms with Gasteiger partial charge in [-0.15, -0.1) is 0 Å². The summed E-state index contributed by atoms with van der Waals surface area (Å²) in [6.07, 6.45) is 3.72. The Kier molecular flexibility index (Phi) is 8.50. The highest BCUT2D eigenvalue weighted by atomic mass is 14.9. The molecular formula is C59H37N3. The first kappa shape index (κ1) is 35.7. The molecule has 288 valence electrons. The van der Waals surface area contributed by atoms with Crippen LogP contribution in [0, 0.1) is 0 Å². The van der Waals surface area contributed by atoms with Gasteiger partial charge in [-0.1, -0.05) is 176 Å². The normalized spacial score (nSPS) is 11.5. The van der Waals surface area contributed by atoms with Crippen molar-refractivity contribution in [1.29, 1.82) is 0 Å². The maximum Gasteiger partial charge on any atom is 0.160 e. The molecule has 10 aromatic carbocycles. The first-order valence-electron chi connectivity index (χ1n) is 21.1. The second-order valence-corrected chi connectivity index (χ2v) is 16.0. The monoisotopic (exact) mass is 787 g/mol. The first-order valence-corrected chi connectivity index (χ1v) is 21.1. The van der Waals surface area contributed by atoms with Gasteiger partial charge in [0.15, 0.2) is 5.82 Å². The molecule has 0 aliphatic heterocycles. The number of hydrogen-bond donors (Lipinski definition) is 0. The van der Waals surface area contributed by atoms with Gasteiger partial charge >= 0.3 is 0 Å². The molecule has 2 heterocycles. The molecule has 0 saturated carbocycles. The molecule has 0 radical (unpaired) electrons. The van der Waals surface area contributed by atoms with Gasteiger partial charge in [-0.25, -0.2) is 9.97 Å². The van der Waals surface area contributed by atoms with Crippen molar-refractivity contribution in [2.24, 2.45) is 0 Å². The average molecular weight is 788 g/mol. The number of benzene rings is 10. The van der Waals surface area contributed by atoms with E-state index >= 15 is 0 Å². The molecule has 2 aromatic heterocycles. The molecule has 0 amide bonds. The molecule has 12 rings (SSSR count). The minimum atomic E-state index is 0.671. The SMILES string of the molecule is c1cncc(-c2cccc(-c3cc(-c4cc5ccccc5c5ccccc45)nc(-c4cccc(-c5c6ccccc6c(-c6ccc7ccccc7c6)c6ccccc56)c4)n3)c2)c1. The molecule has 3 nitrogen and oxygen atoms in total. The van der Waals surface area contributed by atoms with Gasteiger partial charge in [0, 0.05) is 34.6 Å². The van der Waals surface area contributed by atoms with E-state index in [9.17, 15) is 0 Å². The molecule has 62 heavy (non-hydrogen) atoms. The molecule has 0 fully saturated rings. The van der Waals surface area contributed by atoms with E-state index in [0.29, 0.717) is 5.82 Å². The topological polar surface area (TPSA) is 38.7 Å². The summed E-state index contributed by atoms with van der Waals surface area (Å²) in [5, 5.41) is 12.1. The summed E-state index contributed by atoms with van der Waals surface area (Å²) in [4.78, 5) is 15.2. The molecule has 3 heteroatoms. The van der Waals surface area contributed by atoms with Crippen LogP contribution in [0.15, 0.2) is 225 Å². The number of rotatable bonds is 6. The molecular weight excluding hydrogens is 751 g/mol. The van der Waals surface area contributed by atoms with Crippen LogP contribution in [-0.4, -0.2) is 15.0 Å². The fraction of sp³-hybridized carbons (Fsp3) is 0. The summed E-state index contributed by atoms with van der Waals surface area (Å²) in [5.41, 5.74) is 11.7. The van der Waals surface area contributed by atoms with E-state index < -0.39 is 0 Å². The van der Waals surface area contributed by atoms with E-state index in [1.165, 1.54) is 65.2 Å². The van der Waals surface area contributed by atoms with Crippen LogP contribution in [-0.2, 0) is 0 Å². The lowest BCUT2D eigenvalue weighted by Gasteiger charge is -2.18. The number of hydrogen-bond acceptors (Lipinski definition) is 3. The van der Waals surface area contributed by atoms with Crippen molar-refractivity contribution in [3.05, 3.63) is 225 Å². The average Bonchev–Trinajstić information content (AvgIpc) is 3.35.